The van der Waals surface area contributed by atoms with E-state index in [0.29, 0.717) is 13.1 Å². The zero-order valence-corrected chi connectivity index (χ0v) is 14.4. The zero-order chi connectivity index (χ0) is 18.4. The normalized spacial score (nSPS) is 29.3. The maximum Gasteiger partial charge on any atom is 0.414 e. The van der Waals surface area contributed by atoms with Crippen molar-refractivity contribution in [3.63, 3.8) is 0 Å². The first kappa shape index (κ1) is 16.7. The molecule has 4 rings (SSSR count). The first-order valence-electron chi connectivity index (χ1n) is 8.74. The molecule has 0 bridgehead atoms. The summed E-state index contributed by atoms with van der Waals surface area (Å²) < 4.78 is 5.27. The highest BCUT2D eigenvalue weighted by Crippen LogP contribution is 2.52. The van der Waals surface area contributed by atoms with Gasteiger partial charge >= 0.3 is 12.1 Å². The molecule has 0 radical (unpaired) electrons. The summed E-state index contributed by atoms with van der Waals surface area (Å²) in [6, 6.07) is 7.64. The van der Waals surface area contributed by atoms with Gasteiger partial charge in [-0.15, -0.1) is 0 Å². The van der Waals surface area contributed by atoms with Crippen molar-refractivity contribution < 1.29 is 24.2 Å². The van der Waals surface area contributed by atoms with Crippen molar-refractivity contribution in [2.75, 3.05) is 36.0 Å². The molecule has 1 aromatic carbocycles. The Morgan fingerprint density at radius 1 is 1.15 bits per heavy atom. The molecular formula is C18H21N3O5. The van der Waals surface area contributed by atoms with Gasteiger partial charge in [-0.1, -0.05) is 0 Å². The Kier molecular flexibility index (Phi) is 3.97. The van der Waals surface area contributed by atoms with Crippen molar-refractivity contribution in [2.45, 2.75) is 13.0 Å². The van der Waals surface area contributed by atoms with Gasteiger partial charge in [-0.2, -0.15) is 0 Å². The maximum atomic E-state index is 12.0. The van der Waals surface area contributed by atoms with E-state index in [4.69, 9.17) is 9.84 Å². The minimum Gasteiger partial charge on any atom is -0.481 e. The Hall–Kier alpha value is -2.77. The first-order chi connectivity index (χ1) is 12.4. The van der Waals surface area contributed by atoms with Crippen LogP contribution in [0.2, 0.25) is 0 Å². The highest BCUT2D eigenvalue weighted by molar-refractivity contribution is 5.90. The molecule has 2 saturated heterocycles. The number of hydrogen-bond donors (Lipinski definition) is 2. The Morgan fingerprint density at radius 2 is 1.77 bits per heavy atom. The van der Waals surface area contributed by atoms with Crippen LogP contribution in [0.4, 0.5) is 16.2 Å². The summed E-state index contributed by atoms with van der Waals surface area (Å²) >= 11 is 0. The van der Waals surface area contributed by atoms with E-state index < -0.39 is 12.1 Å². The van der Waals surface area contributed by atoms with Gasteiger partial charge in [0, 0.05) is 31.4 Å². The van der Waals surface area contributed by atoms with E-state index in [-0.39, 0.29) is 29.8 Å². The van der Waals surface area contributed by atoms with Crippen molar-refractivity contribution in [3.05, 3.63) is 24.3 Å². The lowest BCUT2D eigenvalue weighted by Gasteiger charge is -2.22. The van der Waals surface area contributed by atoms with Crippen molar-refractivity contribution >= 4 is 29.3 Å². The van der Waals surface area contributed by atoms with Gasteiger partial charge < -0.3 is 20.1 Å². The fraction of sp³-hybridized carbons (Fsp3) is 0.500. The number of carbonyl (C=O) groups excluding carboxylic acids is 2. The SMILES string of the molecule is CC(=O)NCC1CN(c2ccc(N3CC4C(C3)C4C(=O)O)cc2)C(=O)O1. The van der Waals surface area contributed by atoms with Crippen molar-refractivity contribution in [1.82, 2.24) is 5.32 Å². The smallest absolute Gasteiger partial charge is 0.414 e. The number of nitrogens with one attached hydrogen (secondary N) is 1. The number of carboxylic acid groups (broad SMARTS) is 1. The fourth-order valence-electron chi connectivity index (χ4n) is 4.04. The number of rotatable bonds is 5. The highest BCUT2D eigenvalue weighted by atomic mass is 16.6. The molecule has 1 saturated carbocycles. The molecular weight excluding hydrogens is 338 g/mol. The van der Waals surface area contributed by atoms with Gasteiger partial charge in [0.2, 0.25) is 5.91 Å². The molecule has 138 valence electrons. The molecule has 2 N–H and O–H groups in total. The molecule has 1 aliphatic carbocycles. The molecule has 26 heavy (non-hydrogen) atoms. The average molecular weight is 359 g/mol. The molecule has 1 aromatic rings. The summed E-state index contributed by atoms with van der Waals surface area (Å²) in [6.45, 7) is 3.66. The Bertz CT molecular complexity index is 738. The van der Waals surface area contributed by atoms with E-state index >= 15 is 0 Å². The van der Waals surface area contributed by atoms with Crippen LogP contribution in [-0.4, -0.2) is 55.4 Å². The predicted octanol–water partition coefficient (Wildman–Crippen LogP) is 0.915. The Balaban J connectivity index is 1.36. The van der Waals surface area contributed by atoms with Gasteiger partial charge in [-0.05, 0) is 36.1 Å². The van der Waals surface area contributed by atoms with Gasteiger partial charge in [-0.3, -0.25) is 14.5 Å². The number of benzene rings is 1. The van der Waals surface area contributed by atoms with Crippen LogP contribution in [0.15, 0.2) is 24.3 Å². The van der Waals surface area contributed by atoms with E-state index in [9.17, 15) is 14.4 Å². The fourth-order valence-corrected chi connectivity index (χ4v) is 4.04. The number of nitrogens with zero attached hydrogens (tertiary/aromatic N) is 2. The second kappa shape index (κ2) is 6.19. The summed E-state index contributed by atoms with van der Waals surface area (Å²) in [5.74, 6) is -0.495. The van der Waals surface area contributed by atoms with Crippen LogP contribution in [0.5, 0.6) is 0 Å². The quantitative estimate of drug-likeness (QED) is 0.811. The topological polar surface area (TPSA) is 99.2 Å². The molecule has 2 heterocycles. The van der Waals surface area contributed by atoms with Crippen LogP contribution in [-0.2, 0) is 14.3 Å². The first-order valence-corrected chi connectivity index (χ1v) is 8.74. The number of piperidine rings is 1. The molecule has 8 nitrogen and oxygen atoms in total. The number of carbonyl (C=O) groups is 3. The summed E-state index contributed by atoms with van der Waals surface area (Å²) in [6.07, 6.45) is -0.774. The standard InChI is InChI=1S/C18H21N3O5/c1-10(22)19-6-13-7-21(18(25)26-13)12-4-2-11(3-5-12)20-8-14-15(9-20)16(14)17(23)24/h2-5,13-16H,6-9H2,1H3,(H,19,22)(H,23,24). The molecule has 3 unspecified atom stereocenters. The molecule has 3 aliphatic rings. The molecule has 0 spiro atoms. The van der Waals surface area contributed by atoms with Crippen molar-refractivity contribution in [3.8, 4) is 0 Å². The van der Waals surface area contributed by atoms with Gasteiger partial charge in [-0.25, -0.2) is 4.79 Å². The summed E-state index contributed by atoms with van der Waals surface area (Å²) in [5.41, 5.74) is 1.78. The highest BCUT2D eigenvalue weighted by Gasteiger charge is 2.59. The molecule has 8 heteroatoms. The molecule has 2 aliphatic heterocycles. The summed E-state index contributed by atoms with van der Waals surface area (Å²) in [5, 5.41) is 11.8. The number of anilines is 2. The zero-order valence-electron chi connectivity index (χ0n) is 14.4. The van der Waals surface area contributed by atoms with Crippen LogP contribution in [0, 0.1) is 17.8 Å². The minimum atomic E-state index is -0.684. The van der Waals surface area contributed by atoms with Gasteiger partial charge in [0.15, 0.2) is 0 Å². The lowest BCUT2D eigenvalue weighted by molar-refractivity contribution is -0.139. The minimum absolute atomic E-state index is 0.155. The molecule has 2 amide bonds. The number of fused-ring (bicyclic) bond motifs is 1. The lowest BCUT2D eigenvalue weighted by Crippen LogP contribution is -2.33. The number of aliphatic carboxylic acids is 1. The third-order valence-corrected chi connectivity index (χ3v) is 5.46. The average Bonchev–Trinajstić information content (AvgIpc) is 2.93. The van der Waals surface area contributed by atoms with Crippen LogP contribution < -0.4 is 15.1 Å². The number of amides is 2. The van der Waals surface area contributed by atoms with E-state index in [2.05, 4.69) is 10.2 Å². The second-order valence-electron chi connectivity index (χ2n) is 7.17. The number of carboxylic acids is 1. The van der Waals surface area contributed by atoms with E-state index in [1.807, 2.05) is 24.3 Å². The van der Waals surface area contributed by atoms with Crippen molar-refractivity contribution in [2.24, 2.45) is 17.8 Å². The van der Waals surface area contributed by atoms with Crippen LogP contribution in [0.1, 0.15) is 6.92 Å². The molecule has 0 aromatic heterocycles. The predicted molar refractivity (Wildman–Crippen MR) is 93.1 cm³/mol. The summed E-state index contributed by atoms with van der Waals surface area (Å²) in [7, 11) is 0. The van der Waals surface area contributed by atoms with E-state index in [1.54, 1.807) is 4.90 Å². The van der Waals surface area contributed by atoms with E-state index in [0.717, 1.165) is 24.5 Å². The van der Waals surface area contributed by atoms with E-state index in [1.165, 1.54) is 6.92 Å². The van der Waals surface area contributed by atoms with Crippen molar-refractivity contribution in [1.29, 1.82) is 0 Å². The number of ether oxygens (including phenoxy) is 1. The Labute approximate surface area is 150 Å². The van der Waals surface area contributed by atoms with Gasteiger partial charge in [0.25, 0.3) is 0 Å². The number of hydrogen-bond acceptors (Lipinski definition) is 5. The van der Waals surface area contributed by atoms with Crippen LogP contribution >= 0.6 is 0 Å². The van der Waals surface area contributed by atoms with Gasteiger partial charge in [0.05, 0.1) is 19.0 Å². The van der Waals surface area contributed by atoms with Gasteiger partial charge in [0.1, 0.15) is 6.10 Å². The molecule has 3 atom stereocenters. The third kappa shape index (κ3) is 2.95. The monoisotopic (exact) mass is 359 g/mol. The Morgan fingerprint density at radius 3 is 2.35 bits per heavy atom. The largest absolute Gasteiger partial charge is 0.481 e. The molecule has 3 fully saturated rings. The van der Waals surface area contributed by atoms with Crippen LogP contribution in [0.25, 0.3) is 0 Å². The maximum absolute atomic E-state index is 12.0. The summed E-state index contributed by atoms with van der Waals surface area (Å²) in [4.78, 5) is 37.8. The number of cyclic esters (lactones) is 1. The third-order valence-electron chi connectivity index (χ3n) is 5.46. The lowest BCUT2D eigenvalue weighted by atomic mass is 10.2. The second-order valence-corrected chi connectivity index (χ2v) is 7.17. The van der Waals surface area contributed by atoms with Crippen LogP contribution in [0.3, 0.4) is 0 Å².